The van der Waals surface area contributed by atoms with Crippen LogP contribution in [0.25, 0.3) is 0 Å². The fourth-order valence-electron chi connectivity index (χ4n) is 1.22. The van der Waals surface area contributed by atoms with Crippen molar-refractivity contribution in [3.8, 4) is 0 Å². The first-order chi connectivity index (χ1) is 7.24. The number of nitrogens with one attached hydrogen (secondary N) is 1. The highest BCUT2D eigenvalue weighted by Gasteiger charge is 1.98. The van der Waals surface area contributed by atoms with Gasteiger partial charge in [-0.2, -0.15) is 5.10 Å². The molecule has 0 aliphatic carbocycles. The molecule has 0 unspecified atom stereocenters. The van der Waals surface area contributed by atoms with Gasteiger partial charge in [0.15, 0.2) is 0 Å². The van der Waals surface area contributed by atoms with Gasteiger partial charge in [0, 0.05) is 13.2 Å². The van der Waals surface area contributed by atoms with Gasteiger partial charge in [-0.25, -0.2) is 9.37 Å². The van der Waals surface area contributed by atoms with E-state index in [9.17, 15) is 4.39 Å². The molecule has 2 aromatic heterocycles. The Bertz CT molecular complexity index is 435. The van der Waals surface area contributed by atoms with Crippen LogP contribution in [0.2, 0.25) is 0 Å². The lowest BCUT2D eigenvalue weighted by atomic mass is 10.4. The maximum Gasteiger partial charge on any atom is 0.141 e. The number of aromatic nitrogens is 3. The topological polar surface area (TPSA) is 42.7 Å². The van der Waals surface area contributed by atoms with Crippen LogP contribution >= 0.6 is 0 Å². The van der Waals surface area contributed by atoms with E-state index < -0.39 is 0 Å². The number of aryl methyl sites for hydroxylation is 1. The van der Waals surface area contributed by atoms with Crippen molar-refractivity contribution < 1.29 is 4.39 Å². The minimum Gasteiger partial charge on any atom is -0.364 e. The summed E-state index contributed by atoms with van der Waals surface area (Å²) >= 11 is 0. The molecule has 0 spiro atoms. The third-order valence-electron chi connectivity index (χ3n) is 1.95. The van der Waals surface area contributed by atoms with Crippen LogP contribution in [-0.4, -0.2) is 14.8 Å². The summed E-state index contributed by atoms with van der Waals surface area (Å²) in [4.78, 5) is 3.88. The van der Waals surface area contributed by atoms with Crippen LogP contribution in [0, 0.1) is 5.82 Å². The van der Waals surface area contributed by atoms with Crippen molar-refractivity contribution >= 4 is 5.82 Å². The minimum absolute atomic E-state index is 0.335. The van der Waals surface area contributed by atoms with Crippen molar-refractivity contribution in [1.82, 2.24) is 14.8 Å². The van der Waals surface area contributed by atoms with E-state index in [-0.39, 0.29) is 5.82 Å². The Balaban J connectivity index is 1.96. The van der Waals surface area contributed by atoms with Crippen LogP contribution in [0.15, 0.2) is 30.6 Å². The summed E-state index contributed by atoms with van der Waals surface area (Å²) in [5.74, 6) is 0.306. The fraction of sp³-hybridized carbons (Fsp3) is 0.200. The Hall–Kier alpha value is -1.91. The van der Waals surface area contributed by atoms with Crippen molar-refractivity contribution in [3.63, 3.8) is 0 Å². The third kappa shape index (κ3) is 2.52. The van der Waals surface area contributed by atoms with Crippen LogP contribution in [-0.2, 0) is 13.6 Å². The zero-order valence-electron chi connectivity index (χ0n) is 8.31. The van der Waals surface area contributed by atoms with Gasteiger partial charge in [-0.3, -0.25) is 4.68 Å². The molecule has 2 rings (SSSR count). The maximum absolute atomic E-state index is 12.5. The Labute approximate surface area is 86.8 Å². The maximum atomic E-state index is 12.5. The van der Waals surface area contributed by atoms with E-state index in [1.54, 1.807) is 10.7 Å². The molecule has 15 heavy (non-hydrogen) atoms. The van der Waals surface area contributed by atoms with Gasteiger partial charge in [-0.1, -0.05) is 0 Å². The van der Waals surface area contributed by atoms with Crippen LogP contribution in [0.1, 0.15) is 5.69 Å². The van der Waals surface area contributed by atoms with E-state index in [0.29, 0.717) is 12.4 Å². The fourth-order valence-corrected chi connectivity index (χ4v) is 1.22. The molecule has 1 N–H and O–H groups in total. The Morgan fingerprint density at radius 2 is 2.27 bits per heavy atom. The number of pyridine rings is 1. The van der Waals surface area contributed by atoms with Crippen LogP contribution in [0.5, 0.6) is 0 Å². The number of hydrogen-bond donors (Lipinski definition) is 1. The third-order valence-corrected chi connectivity index (χ3v) is 1.95. The number of hydrogen-bond acceptors (Lipinski definition) is 3. The number of halogens is 1. The SMILES string of the molecule is Cn1ccc(CNc2ccc(F)cn2)n1. The van der Waals surface area contributed by atoms with Crippen LogP contribution < -0.4 is 5.32 Å². The average Bonchev–Trinajstić information content (AvgIpc) is 2.64. The first kappa shape index (κ1) is 9.64. The molecule has 0 amide bonds. The molecule has 0 atom stereocenters. The van der Waals surface area contributed by atoms with Gasteiger partial charge in [0.05, 0.1) is 18.4 Å². The predicted octanol–water partition coefficient (Wildman–Crippen LogP) is 1.57. The molecule has 0 radical (unpaired) electrons. The van der Waals surface area contributed by atoms with Gasteiger partial charge in [0.25, 0.3) is 0 Å². The summed E-state index contributed by atoms with van der Waals surface area (Å²) < 4.78 is 14.3. The van der Waals surface area contributed by atoms with E-state index in [2.05, 4.69) is 15.4 Å². The zero-order chi connectivity index (χ0) is 10.7. The predicted molar refractivity (Wildman–Crippen MR) is 54.7 cm³/mol. The highest BCUT2D eigenvalue weighted by molar-refractivity contribution is 5.33. The van der Waals surface area contributed by atoms with E-state index in [4.69, 9.17) is 0 Å². The van der Waals surface area contributed by atoms with E-state index in [1.807, 2.05) is 19.3 Å². The standard InChI is InChI=1S/C10H11FN4/c1-15-5-4-9(14-15)7-13-10-3-2-8(11)6-12-10/h2-6H,7H2,1H3,(H,12,13). The minimum atomic E-state index is -0.335. The molecule has 0 aliphatic heterocycles. The monoisotopic (exact) mass is 206 g/mol. The van der Waals surface area contributed by atoms with Crippen molar-refractivity contribution in [3.05, 3.63) is 42.1 Å². The molecule has 0 saturated heterocycles. The molecule has 0 saturated carbocycles. The molecule has 0 fully saturated rings. The quantitative estimate of drug-likeness (QED) is 0.828. The smallest absolute Gasteiger partial charge is 0.141 e. The molecule has 0 bridgehead atoms. The second-order valence-electron chi connectivity index (χ2n) is 3.20. The lowest BCUT2D eigenvalue weighted by molar-refractivity contribution is 0.621. The van der Waals surface area contributed by atoms with Crippen molar-refractivity contribution in [1.29, 1.82) is 0 Å². The summed E-state index contributed by atoms with van der Waals surface area (Å²) in [6, 6.07) is 4.88. The molecule has 0 aromatic carbocycles. The number of nitrogens with zero attached hydrogens (tertiary/aromatic N) is 3. The highest BCUT2D eigenvalue weighted by atomic mass is 19.1. The highest BCUT2D eigenvalue weighted by Crippen LogP contribution is 2.05. The van der Waals surface area contributed by atoms with Crippen molar-refractivity contribution in [2.24, 2.45) is 7.05 Å². The molecular formula is C10H11FN4. The summed E-state index contributed by atoms with van der Waals surface area (Å²) in [6.07, 6.45) is 3.05. The molecule has 2 aromatic rings. The van der Waals surface area contributed by atoms with E-state index in [0.717, 1.165) is 5.69 Å². The Kier molecular flexibility index (Phi) is 2.62. The number of anilines is 1. The second kappa shape index (κ2) is 4.08. The van der Waals surface area contributed by atoms with Crippen LogP contribution in [0.4, 0.5) is 10.2 Å². The zero-order valence-corrected chi connectivity index (χ0v) is 8.31. The lowest BCUT2D eigenvalue weighted by Gasteiger charge is -2.02. The van der Waals surface area contributed by atoms with Crippen molar-refractivity contribution in [2.75, 3.05) is 5.32 Å². The van der Waals surface area contributed by atoms with E-state index >= 15 is 0 Å². The van der Waals surface area contributed by atoms with Crippen molar-refractivity contribution in [2.45, 2.75) is 6.54 Å². The molecular weight excluding hydrogens is 195 g/mol. The van der Waals surface area contributed by atoms with Gasteiger partial charge in [-0.05, 0) is 18.2 Å². The Morgan fingerprint density at radius 3 is 2.87 bits per heavy atom. The molecule has 0 aliphatic rings. The van der Waals surface area contributed by atoms with Gasteiger partial charge < -0.3 is 5.32 Å². The molecule has 78 valence electrons. The first-order valence-electron chi connectivity index (χ1n) is 4.58. The van der Waals surface area contributed by atoms with Gasteiger partial charge in [-0.15, -0.1) is 0 Å². The van der Waals surface area contributed by atoms with Gasteiger partial charge in [0.1, 0.15) is 11.6 Å². The molecule has 2 heterocycles. The second-order valence-corrected chi connectivity index (χ2v) is 3.20. The molecule has 5 heteroatoms. The normalized spacial score (nSPS) is 10.3. The summed E-state index contributed by atoms with van der Waals surface area (Å²) in [5.41, 5.74) is 0.920. The summed E-state index contributed by atoms with van der Waals surface area (Å²) in [6.45, 7) is 0.583. The van der Waals surface area contributed by atoms with Gasteiger partial charge >= 0.3 is 0 Å². The molecule has 4 nitrogen and oxygen atoms in total. The largest absolute Gasteiger partial charge is 0.364 e. The Morgan fingerprint density at radius 1 is 1.40 bits per heavy atom. The summed E-state index contributed by atoms with van der Waals surface area (Å²) in [7, 11) is 1.86. The first-order valence-corrected chi connectivity index (χ1v) is 4.58. The van der Waals surface area contributed by atoms with E-state index in [1.165, 1.54) is 12.3 Å². The summed E-state index contributed by atoms with van der Waals surface area (Å²) in [5, 5.41) is 7.24. The van der Waals surface area contributed by atoms with Gasteiger partial charge in [0.2, 0.25) is 0 Å². The average molecular weight is 206 g/mol. The number of rotatable bonds is 3. The van der Waals surface area contributed by atoms with Crippen LogP contribution in [0.3, 0.4) is 0 Å². The lowest BCUT2D eigenvalue weighted by Crippen LogP contribution is -2.02.